The average molecular weight is 275 g/mol. The van der Waals surface area contributed by atoms with E-state index < -0.39 is 5.82 Å². The Bertz CT molecular complexity index is 624. The van der Waals surface area contributed by atoms with Gasteiger partial charge < -0.3 is 10.6 Å². The normalized spacial score (nSPS) is 10.3. The summed E-state index contributed by atoms with van der Waals surface area (Å²) in [6, 6.07) is 10.5. The van der Waals surface area contributed by atoms with Gasteiger partial charge in [-0.3, -0.25) is 5.41 Å². The third kappa shape index (κ3) is 3.12. The van der Waals surface area contributed by atoms with Gasteiger partial charge in [0.25, 0.3) is 0 Å². The molecule has 20 heavy (non-hydrogen) atoms. The summed E-state index contributed by atoms with van der Waals surface area (Å²) in [5.74, 6) is -0.910. The molecule has 104 valence electrons. The zero-order valence-electron chi connectivity index (χ0n) is 11.0. The number of nitrogens with zero attached hydrogens (tertiary/aromatic N) is 1. The molecule has 0 aromatic heterocycles. The minimum absolute atomic E-state index is 0.170. The third-order valence-corrected chi connectivity index (χ3v) is 3.00. The predicted molar refractivity (Wildman–Crippen MR) is 75.9 cm³/mol. The molecular weight excluding hydrogens is 260 g/mol. The Balaban J connectivity index is 2.18. The van der Waals surface area contributed by atoms with Gasteiger partial charge in [-0.15, -0.1) is 0 Å². The van der Waals surface area contributed by atoms with Crippen molar-refractivity contribution in [3.05, 3.63) is 65.2 Å². The SMILES string of the molecule is CN(Cc1ccc(F)cc1)c1ccc(C(=N)N)cc1F. The Hall–Kier alpha value is -2.43. The van der Waals surface area contributed by atoms with Gasteiger partial charge >= 0.3 is 0 Å². The summed E-state index contributed by atoms with van der Waals surface area (Å²) >= 11 is 0. The van der Waals surface area contributed by atoms with E-state index in [2.05, 4.69) is 0 Å². The first kappa shape index (κ1) is 14.0. The van der Waals surface area contributed by atoms with Gasteiger partial charge in [0.1, 0.15) is 17.5 Å². The lowest BCUT2D eigenvalue weighted by molar-refractivity contribution is 0.620. The van der Waals surface area contributed by atoms with Crippen molar-refractivity contribution in [2.75, 3.05) is 11.9 Å². The number of nitrogens with two attached hydrogens (primary N) is 1. The first-order valence-corrected chi connectivity index (χ1v) is 6.07. The van der Waals surface area contributed by atoms with Gasteiger partial charge in [-0.05, 0) is 35.9 Å². The molecule has 5 heteroatoms. The first-order valence-electron chi connectivity index (χ1n) is 6.07. The van der Waals surface area contributed by atoms with Crippen LogP contribution in [0.1, 0.15) is 11.1 Å². The molecule has 0 saturated heterocycles. The minimum Gasteiger partial charge on any atom is -0.384 e. The molecule has 2 aromatic rings. The van der Waals surface area contributed by atoms with Crippen molar-refractivity contribution in [1.29, 1.82) is 5.41 Å². The molecule has 0 aliphatic heterocycles. The summed E-state index contributed by atoms with van der Waals surface area (Å²) in [4.78, 5) is 1.71. The maximum atomic E-state index is 14.0. The number of nitrogen functional groups attached to an aromatic ring is 1. The maximum absolute atomic E-state index is 14.0. The number of halogens is 2. The second-order valence-electron chi connectivity index (χ2n) is 4.56. The van der Waals surface area contributed by atoms with E-state index >= 15 is 0 Å². The smallest absolute Gasteiger partial charge is 0.147 e. The molecule has 0 heterocycles. The van der Waals surface area contributed by atoms with Crippen LogP contribution in [-0.2, 0) is 6.54 Å². The summed E-state index contributed by atoms with van der Waals surface area (Å²) in [6.45, 7) is 0.455. The average Bonchev–Trinajstić information content (AvgIpc) is 2.41. The van der Waals surface area contributed by atoms with Crippen LogP contribution in [0.15, 0.2) is 42.5 Å². The van der Waals surface area contributed by atoms with E-state index in [-0.39, 0.29) is 11.7 Å². The number of nitrogens with one attached hydrogen (secondary N) is 1. The highest BCUT2D eigenvalue weighted by Crippen LogP contribution is 2.21. The highest BCUT2D eigenvalue weighted by molar-refractivity contribution is 5.95. The maximum Gasteiger partial charge on any atom is 0.147 e. The van der Waals surface area contributed by atoms with Crippen LogP contribution in [0.4, 0.5) is 14.5 Å². The summed E-state index contributed by atoms with van der Waals surface area (Å²) in [5, 5.41) is 7.27. The molecule has 0 fully saturated rings. The van der Waals surface area contributed by atoms with Crippen LogP contribution in [-0.4, -0.2) is 12.9 Å². The fraction of sp³-hybridized carbons (Fsp3) is 0.133. The van der Waals surface area contributed by atoms with Crippen LogP contribution in [0.5, 0.6) is 0 Å². The van der Waals surface area contributed by atoms with Gasteiger partial charge in [0.15, 0.2) is 0 Å². The van der Waals surface area contributed by atoms with Crippen molar-refractivity contribution < 1.29 is 8.78 Å². The van der Waals surface area contributed by atoms with Gasteiger partial charge in [0.2, 0.25) is 0 Å². The lowest BCUT2D eigenvalue weighted by atomic mass is 10.1. The molecule has 2 rings (SSSR count). The fourth-order valence-electron chi connectivity index (χ4n) is 1.93. The van der Waals surface area contributed by atoms with Crippen LogP contribution in [0.2, 0.25) is 0 Å². The van der Waals surface area contributed by atoms with Gasteiger partial charge in [-0.25, -0.2) is 8.78 Å². The zero-order valence-corrected chi connectivity index (χ0v) is 11.0. The summed E-state index contributed by atoms with van der Waals surface area (Å²) < 4.78 is 26.8. The van der Waals surface area contributed by atoms with Crippen molar-refractivity contribution >= 4 is 11.5 Å². The van der Waals surface area contributed by atoms with Crippen molar-refractivity contribution in [3.63, 3.8) is 0 Å². The highest BCUT2D eigenvalue weighted by atomic mass is 19.1. The molecule has 0 atom stereocenters. The van der Waals surface area contributed by atoms with Crippen molar-refractivity contribution in [2.45, 2.75) is 6.54 Å². The third-order valence-electron chi connectivity index (χ3n) is 3.00. The van der Waals surface area contributed by atoms with Gasteiger partial charge in [-0.1, -0.05) is 12.1 Å². The highest BCUT2D eigenvalue weighted by Gasteiger charge is 2.10. The quantitative estimate of drug-likeness (QED) is 0.666. The molecule has 0 spiro atoms. The second-order valence-corrected chi connectivity index (χ2v) is 4.56. The van der Waals surface area contributed by atoms with E-state index in [9.17, 15) is 8.78 Å². The monoisotopic (exact) mass is 275 g/mol. The molecule has 2 aromatic carbocycles. The first-order chi connectivity index (χ1) is 9.47. The van der Waals surface area contributed by atoms with E-state index in [4.69, 9.17) is 11.1 Å². The number of amidine groups is 1. The number of anilines is 1. The molecule has 0 unspecified atom stereocenters. The molecule has 0 saturated carbocycles. The Labute approximate surface area is 116 Å². The molecule has 3 N–H and O–H groups in total. The summed E-state index contributed by atoms with van der Waals surface area (Å²) in [6.07, 6.45) is 0. The van der Waals surface area contributed by atoms with Crippen LogP contribution in [0.3, 0.4) is 0 Å². The van der Waals surface area contributed by atoms with Crippen molar-refractivity contribution in [2.24, 2.45) is 5.73 Å². The number of hydrogen-bond donors (Lipinski definition) is 2. The Kier molecular flexibility index (Phi) is 3.98. The lowest BCUT2D eigenvalue weighted by Crippen LogP contribution is -2.18. The van der Waals surface area contributed by atoms with Crippen LogP contribution < -0.4 is 10.6 Å². The molecule has 0 amide bonds. The Morgan fingerprint density at radius 1 is 1.15 bits per heavy atom. The molecule has 0 aliphatic rings. The second kappa shape index (κ2) is 5.69. The molecular formula is C15H15F2N3. The van der Waals surface area contributed by atoms with E-state index in [1.54, 1.807) is 36.2 Å². The van der Waals surface area contributed by atoms with Crippen LogP contribution in [0, 0.1) is 17.0 Å². The van der Waals surface area contributed by atoms with Crippen LogP contribution >= 0.6 is 0 Å². The standard InChI is InChI=1S/C15H15F2N3/c1-20(9-10-2-5-12(16)6-3-10)14-7-4-11(15(18)19)8-13(14)17/h2-8H,9H2,1H3,(H3,18,19). The topological polar surface area (TPSA) is 53.1 Å². The molecule has 0 aliphatic carbocycles. The zero-order chi connectivity index (χ0) is 14.7. The number of rotatable bonds is 4. The largest absolute Gasteiger partial charge is 0.384 e. The van der Waals surface area contributed by atoms with Gasteiger partial charge in [0, 0.05) is 19.2 Å². The van der Waals surface area contributed by atoms with Crippen LogP contribution in [0.25, 0.3) is 0 Å². The molecule has 0 bridgehead atoms. The predicted octanol–water partition coefficient (Wildman–Crippen LogP) is 2.89. The lowest BCUT2D eigenvalue weighted by Gasteiger charge is -2.20. The van der Waals surface area contributed by atoms with Crippen molar-refractivity contribution in [1.82, 2.24) is 0 Å². The Morgan fingerprint density at radius 2 is 1.80 bits per heavy atom. The van der Waals surface area contributed by atoms with E-state index in [0.29, 0.717) is 17.8 Å². The number of hydrogen-bond acceptors (Lipinski definition) is 2. The van der Waals surface area contributed by atoms with Gasteiger partial charge in [-0.2, -0.15) is 0 Å². The van der Waals surface area contributed by atoms with Crippen molar-refractivity contribution in [3.8, 4) is 0 Å². The van der Waals surface area contributed by atoms with E-state index in [1.165, 1.54) is 18.2 Å². The molecule has 0 radical (unpaired) electrons. The Morgan fingerprint density at radius 3 is 2.35 bits per heavy atom. The number of benzene rings is 2. The minimum atomic E-state index is -0.442. The molecule has 3 nitrogen and oxygen atoms in total. The summed E-state index contributed by atoms with van der Waals surface area (Å²) in [7, 11) is 1.75. The summed E-state index contributed by atoms with van der Waals surface area (Å²) in [5.41, 5.74) is 6.94. The van der Waals surface area contributed by atoms with E-state index in [0.717, 1.165) is 5.56 Å². The van der Waals surface area contributed by atoms with E-state index in [1.807, 2.05) is 0 Å². The fourth-order valence-corrected chi connectivity index (χ4v) is 1.93. The van der Waals surface area contributed by atoms with Gasteiger partial charge in [0.05, 0.1) is 5.69 Å².